The van der Waals surface area contributed by atoms with Crippen molar-refractivity contribution in [2.24, 2.45) is 0 Å². The zero-order chi connectivity index (χ0) is 15.0. The Balaban J connectivity index is 2.76. The van der Waals surface area contributed by atoms with Crippen LogP contribution >= 0.6 is 15.9 Å². The van der Waals surface area contributed by atoms with E-state index in [9.17, 15) is 5.11 Å². The minimum atomic E-state index is -0.0426. The molecule has 0 saturated carbocycles. The summed E-state index contributed by atoms with van der Waals surface area (Å²) in [4.78, 5) is 0. The fraction of sp³-hybridized carbons (Fsp3) is 0.625. The molecule has 0 saturated heterocycles. The first-order valence-electron chi connectivity index (χ1n) is 7.31. The summed E-state index contributed by atoms with van der Waals surface area (Å²) in [5.41, 5.74) is 1.10. The molecule has 0 aliphatic heterocycles. The lowest BCUT2D eigenvalue weighted by atomic mass is 9.94. The van der Waals surface area contributed by atoms with Gasteiger partial charge >= 0.3 is 0 Å². The Hall–Kier alpha value is -0.580. The van der Waals surface area contributed by atoms with Gasteiger partial charge in [0.2, 0.25) is 0 Å². The van der Waals surface area contributed by atoms with E-state index in [-0.39, 0.29) is 12.1 Å². The smallest absolute Gasteiger partial charge is 0.123 e. The van der Waals surface area contributed by atoms with Gasteiger partial charge in [0.15, 0.2) is 0 Å². The Labute approximate surface area is 130 Å². The molecule has 1 atom stereocenters. The zero-order valence-corrected chi connectivity index (χ0v) is 14.3. The van der Waals surface area contributed by atoms with E-state index in [0.717, 1.165) is 48.2 Å². The lowest BCUT2D eigenvalue weighted by molar-refractivity contribution is 0.213. The van der Waals surface area contributed by atoms with Crippen LogP contribution in [-0.4, -0.2) is 23.9 Å². The molecule has 0 fully saturated rings. The molecule has 0 aromatic heterocycles. The van der Waals surface area contributed by atoms with Crippen LogP contribution in [0.4, 0.5) is 0 Å². The number of benzene rings is 1. The number of hydrogen-bond acceptors (Lipinski definition) is 3. The minimum Gasteiger partial charge on any atom is -0.493 e. The summed E-state index contributed by atoms with van der Waals surface area (Å²) in [6, 6.07) is 6.10. The molecule has 3 nitrogen and oxygen atoms in total. The van der Waals surface area contributed by atoms with Crippen LogP contribution in [0.5, 0.6) is 5.75 Å². The van der Waals surface area contributed by atoms with Crippen LogP contribution in [0.2, 0.25) is 0 Å². The van der Waals surface area contributed by atoms with Gasteiger partial charge in [0, 0.05) is 28.7 Å². The molecule has 1 rings (SSSR count). The molecule has 0 aliphatic rings. The largest absolute Gasteiger partial charge is 0.493 e. The first-order valence-corrected chi connectivity index (χ1v) is 8.11. The van der Waals surface area contributed by atoms with E-state index in [2.05, 4.69) is 48.1 Å². The predicted octanol–water partition coefficient (Wildman–Crippen LogP) is 3.88. The number of aliphatic hydroxyl groups excluding tert-OH is 1. The summed E-state index contributed by atoms with van der Waals surface area (Å²) in [5, 5.41) is 12.7. The van der Waals surface area contributed by atoms with E-state index in [4.69, 9.17) is 4.74 Å². The van der Waals surface area contributed by atoms with Crippen molar-refractivity contribution in [1.82, 2.24) is 5.32 Å². The first kappa shape index (κ1) is 17.5. The van der Waals surface area contributed by atoms with Crippen molar-refractivity contribution in [1.29, 1.82) is 0 Å². The van der Waals surface area contributed by atoms with Crippen LogP contribution in [-0.2, 0) is 6.54 Å². The van der Waals surface area contributed by atoms with Crippen LogP contribution in [0.3, 0.4) is 0 Å². The van der Waals surface area contributed by atoms with Gasteiger partial charge in [-0.25, -0.2) is 0 Å². The van der Waals surface area contributed by atoms with Crippen LogP contribution in [0.15, 0.2) is 22.7 Å². The molecule has 1 aromatic rings. The average molecular weight is 344 g/mol. The van der Waals surface area contributed by atoms with Gasteiger partial charge in [0.25, 0.3) is 0 Å². The summed E-state index contributed by atoms with van der Waals surface area (Å²) in [6.07, 6.45) is 2.73. The highest BCUT2D eigenvalue weighted by atomic mass is 79.9. The van der Waals surface area contributed by atoms with Gasteiger partial charge in [-0.05, 0) is 44.4 Å². The molecule has 0 heterocycles. The highest BCUT2D eigenvalue weighted by Gasteiger charge is 2.21. The van der Waals surface area contributed by atoms with E-state index >= 15 is 0 Å². The molecule has 4 heteroatoms. The summed E-state index contributed by atoms with van der Waals surface area (Å²) in [6.45, 7) is 8.06. The number of hydrogen-bond donors (Lipinski definition) is 2. The molecule has 20 heavy (non-hydrogen) atoms. The first-order chi connectivity index (χ1) is 9.54. The maximum absolute atomic E-state index is 9.17. The number of rotatable bonds is 9. The fourth-order valence-electron chi connectivity index (χ4n) is 1.98. The maximum atomic E-state index is 9.17. The summed E-state index contributed by atoms with van der Waals surface area (Å²) in [5.74, 6) is 0.935. The van der Waals surface area contributed by atoms with Crippen molar-refractivity contribution in [3.05, 3.63) is 28.2 Å². The van der Waals surface area contributed by atoms with Crippen molar-refractivity contribution < 1.29 is 9.84 Å². The molecule has 2 N–H and O–H groups in total. The minimum absolute atomic E-state index is 0.0426. The SMILES string of the molecule is CCCOc1ccc(Br)cc1CNC(C)(CC)CCO. The molecule has 1 aromatic carbocycles. The van der Waals surface area contributed by atoms with Gasteiger partial charge in [-0.2, -0.15) is 0 Å². The maximum Gasteiger partial charge on any atom is 0.123 e. The normalized spacial score (nSPS) is 14.1. The second-order valence-electron chi connectivity index (χ2n) is 5.34. The highest BCUT2D eigenvalue weighted by Crippen LogP contribution is 2.25. The van der Waals surface area contributed by atoms with Gasteiger partial charge in [-0.3, -0.25) is 0 Å². The van der Waals surface area contributed by atoms with E-state index in [0.29, 0.717) is 0 Å². The summed E-state index contributed by atoms with van der Waals surface area (Å²) in [7, 11) is 0. The van der Waals surface area contributed by atoms with Crippen LogP contribution < -0.4 is 10.1 Å². The van der Waals surface area contributed by atoms with E-state index in [1.165, 1.54) is 0 Å². The highest BCUT2D eigenvalue weighted by molar-refractivity contribution is 9.10. The molecule has 0 radical (unpaired) electrons. The van der Waals surface area contributed by atoms with E-state index in [1.807, 2.05) is 12.1 Å². The lowest BCUT2D eigenvalue weighted by Crippen LogP contribution is -2.42. The quantitative estimate of drug-likeness (QED) is 0.714. The monoisotopic (exact) mass is 343 g/mol. The Kier molecular flexibility index (Phi) is 7.56. The number of aliphatic hydroxyl groups is 1. The second kappa shape index (κ2) is 8.65. The van der Waals surface area contributed by atoms with Crippen LogP contribution in [0.1, 0.15) is 45.6 Å². The number of halogens is 1. The Bertz CT molecular complexity index is 411. The molecule has 0 aliphatic carbocycles. The third-order valence-corrected chi connectivity index (χ3v) is 4.13. The molecule has 114 valence electrons. The van der Waals surface area contributed by atoms with Gasteiger partial charge in [-0.15, -0.1) is 0 Å². The average Bonchev–Trinajstić information content (AvgIpc) is 2.44. The van der Waals surface area contributed by atoms with Crippen molar-refractivity contribution in [3.63, 3.8) is 0 Å². The molecule has 0 amide bonds. The second-order valence-corrected chi connectivity index (χ2v) is 6.26. The van der Waals surface area contributed by atoms with Gasteiger partial charge in [0.1, 0.15) is 5.75 Å². The van der Waals surface area contributed by atoms with Gasteiger partial charge < -0.3 is 15.2 Å². The zero-order valence-electron chi connectivity index (χ0n) is 12.7. The van der Waals surface area contributed by atoms with Gasteiger partial charge in [0.05, 0.1) is 6.61 Å². The van der Waals surface area contributed by atoms with Crippen molar-refractivity contribution in [3.8, 4) is 5.75 Å². The Morgan fingerprint density at radius 1 is 1.35 bits per heavy atom. The third-order valence-electron chi connectivity index (χ3n) is 3.63. The lowest BCUT2D eigenvalue weighted by Gasteiger charge is -2.29. The molecule has 0 spiro atoms. The standard InChI is InChI=1S/C16H26BrNO2/c1-4-10-20-15-7-6-14(17)11-13(15)12-18-16(3,5-2)8-9-19/h6-7,11,18-19H,4-5,8-10,12H2,1-3H3. The van der Waals surface area contributed by atoms with E-state index < -0.39 is 0 Å². The summed E-state index contributed by atoms with van der Waals surface area (Å²) >= 11 is 3.51. The molecular formula is C16H26BrNO2. The molecular weight excluding hydrogens is 318 g/mol. The van der Waals surface area contributed by atoms with Gasteiger partial charge in [-0.1, -0.05) is 29.8 Å². The van der Waals surface area contributed by atoms with Crippen molar-refractivity contribution >= 4 is 15.9 Å². The van der Waals surface area contributed by atoms with Crippen LogP contribution in [0, 0.1) is 0 Å². The Morgan fingerprint density at radius 2 is 2.10 bits per heavy atom. The molecule has 1 unspecified atom stereocenters. The topological polar surface area (TPSA) is 41.5 Å². The van der Waals surface area contributed by atoms with Crippen molar-refractivity contribution in [2.45, 2.75) is 52.1 Å². The number of nitrogens with one attached hydrogen (secondary N) is 1. The van der Waals surface area contributed by atoms with E-state index in [1.54, 1.807) is 0 Å². The van der Waals surface area contributed by atoms with Crippen LogP contribution in [0.25, 0.3) is 0 Å². The molecule has 0 bridgehead atoms. The Morgan fingerprint density at radius 3 is 2.70 bits per heavy atom. The fourth-order valence-corrected chi connectivity index (χ4v) is 2.39. The third kappa shape index (κ3) is 5.43. The summed E-state index contributed by atoms with van der Waals surface area (Å²) < 4.78 is 6.84. The predicted molar refractivity (Wildman–Crippen MR) is 87.2 cm³/mol. The van der Waals surface area contributed by atoms with Crippen molar-refractivity contribution in [2.75, 3.05) is 13.2 Å². The number of ether oxygens (including phenoxy) is 1.